The third-order valence-electron chi connectivity index (χ3n) is 12.0. The van der Waals surface area contributed by atoms with Gasteiger partial charge < -0.3 is 0 Å². The van der Waals surface area contributed by atoms with Crippen LogP contribution in [0.15, 0.2) is 188 Å². The molecule has 4 heterocycles. The van der Waals surface area contributed by atoms with E-state index in [0.717, 1.165) is 65.7 Å². The number of benzene rings is 9. The predicted molar refractivity (Wildman–Crippen MR) is 251 cm³/mol. The number of thiophene rings is 1. The van der Waals surface area contributed by atoms with Crippen LogP contribution in [-0.4, -0.2) is 24.5 Å². The van der Waals surface area contributed by atoms with Crippen molar-refractivity contribution >= 4 is 96.5 Å². The molecule has 4 aromatic heterocycles. The van der Waals surface area contributed by atoms with Crippen molar-refractivity contribution in [2.24, 2.45) is 0 Å². The molecule has 5 nitrogen and oxygen atoms in total. The van der Waals surface area contributed by atoms with Gasteiger partial charge in [0.2, 0.25) is 5.95 Å². The largest absolute Gasteiger partial charge is 0.277 e. The van der Waals surface area contributed by atoms with Gasteiger partial charge in [0.15, 0.2) is 11.6 Å². The third kappa shape index (κ3) is 5.11. The maximum absolute atomic E-state index is 5.39. The Balaban J connectivity index is 1.11. The van der Waals surface area contributed by atoms with Gasteiger partial charge in [-0.2, -0.15) is 9.97 Å². The first kappa shape index (κ1) is 33.2. The molecule has 278 valence electrons. The lowest BCUT2D eigenvalue weighted by Gasteiger charge is -2.14. The summed E-state index contributed by atoms with van der Waals surface area (Å²) in [5, 5.41) is 13.1. The predicted octanol–water partition coefficient (Wildman–Crippen LogP) is 14.3. The molecule has 0 unspecified atom stereocenters. The first-order valence-corrected chi connectivity index (χ1v) is 20.9. The van der Waals surface area contributed by atoms with Crippen LogP contribution in [0.4, 0.5) is 0 Å². The molecule has 60 heavy (non-hydrogen) atoms. The van der Waals surface area contributed by atoms with E-state index in [1.807, 2.05) is 29.7 Å². The second-order valence-electron chi connectivity index (χ2n) is 15.5. The lowest BCUT2D eigenvalue weighted by atomic mass is 9.99. The van der Waals surface area contributed by atoms with Crippen molar-refractivity contribution in [2.45, 2.75) is 0 Å². The number of nitrogens with zero attached hydrogens (tertiary/aromatic N) is 5. The molecule has 0 spiro atoms. The molecule has 0 amide bonds. The van der Waals surface area contributed by atoms with Crippen molar-refractivity contribution in [1.29, 1.82) is 0 Å². The highest BCUT2D eigenvalue weighted by Crippen LogP contribution is 2.43. The minimum Gasteiger partial charge on any atom is -0.277 e. The normalized spacial score (nSPS) is 12.0. The SMILES string of the molecule is c1ccc2cc(-c3nc(-c4ccc5ncccc5c4)nc(-n4c5cc6ccccc6cc5c5cccc(-c6ccc7c(c6)sc6ccc8ccccc8c67)c54)n3)ccc2c1. The van der Waals surface area contributed by atoms with Crippen LogP contribution in [0, 0.1) is 0 Å². The van der Waals surface area contributed by atoms with Gasteiger partial charge in [0, 0.05) is 59.2 Å². The molecule has 0 saturated heterocycles. The molecular weight excluding hydrogens is 751 g/mol. The average molecular weight is 782 g/mol. The number of pyridine rings is 1. The van der Waals surface area contributed by atoms with Crippen LogP contribution in [0.2, 0.25) is 0 Å². The van der Waals surface area contributed by atoms with Gasteiger partial charge in [0.1, 0.15) is 0 Å². The number of rotatable bonds is 4. The van der Waals surface area contributed by atoms with Crippen LogP contribution in [0.1, 0.15) is 0 Å². The van der Waals surface area contributed by atoms with Crippen molar-refractivity contribution in [3.8, 4) is 39.9 Å². The summed E-state index contributed by atoms with van der Waals surface area (Å²) in [4.78, 5) is 20.6. The van der Waals surface area contributed by atoms with E-state index in [1.54, 1.807) is 0 Å². The van der Waals surface area contributed by atoms with Crippen molar-refractivity contribution in [3.63, 3.8) is 0 Å². The highest BCUT2D eigenvalue weighted by Gasteiger charge is 2.22. The molecule has 0 aliphatic heterocycles. The van der Waals surface area contributed by atoms with E-state index >= 15 is 0 Å². The molecule has 6 heteroatoms. The van der Waals surface area contributed by atoms with Crippen LogP contribution in [0.25, 0.3) is 125 Å². The Labute approximate surface area is 347 Å². The minimum atomic E-state index is 0.562. The zero-order chi connectivity index (χ0) is 39.3. The van der Waals surface area contributed by atoms with Gasteiger partial charge in [-0.1, -0.05) is 127 Å². The Kier molecular flexibility index (Phi) is 7.11. The van der Waals surface area contributed by atoms with Crippen LogP contribution in [0.3, 0.4) is 0 Å². The second-order valence-corrected chi connectivity index (χ2v) is 16.6. The summed E-state index contributed by atoms with van der Waals surface area (Å²) in [5.41, 5.74) is 7.10. The van der Waals surface area contributed by atoms with E-state index in [-0.39, 0.29) is 0 Å². The van der Waals surface area contributed by atoms with Gasteiger partial charge in [0.25, 0.3) is 0 Å². The zero-order valence-corrected chi connectivity index (χ0v) is 32.9. The molecule has 0 atom stereocenters. The van der Waals surface area contributed by atoms with Crippen LogP contribution >= 0.6 is 11.3 Å². The summed E-state index contributed by atoms with van der Waals surface area (Å²) < 4.78 is 4.83. The first-order chi connectivity index (χ1) is 29.7. The lowest BCUT2D eigenvalue weighted by Crippen LogP contribution is -2.07. The Bertz CT molecular complexity index is 3820. The Morgan fingerprint density at radius 3 is 1.92 bits per heavy atom. The van der Waals surface area contributed by atoms with Crippen molar-refractivity contribution in [3.05, 3.63) is 188 Å². The zero-order valence-electron chi connectivity index (χ0n) is 32.0. The van der Waals surface area contributed by atoms with E-state index in [2.05, 4.69) is 179 Å². The number of fused-ring (bicyclic) bond motifs is 11. The minimum absolute atomic E-state index is 0.562. The summed E-state index contributed by atoms with van der Waals surface area (Å²) in [6.45, 7) is 0. The van der Waals surface area contributed by atoms with E-state index in [1.165, 1.54) is 41.7 Å². The van der Waals surface area contributed by atoms with Crippen molar-refractivity contribution < 1.29 is 0 Å². The van der Waals surface area contributed by atoms with E-state index in [9.17, 15) is 0 Å². The fourth-order valence-corrected chi connectivity index (χ4v) is 10.3. The van der Waals surface area contributed by atoms with E-state index in [0.29, 0.717) is 17.6 Å². The van der Waals surface area contributed by atoms with Crippen molar-refractivity contribution in [1.82, 2.24) is 24.5 Å². The number of hydrogen-bond acceptors (Lipinski definition) is 5. The number of hydrogen-bond donors (Lipinski definition) is 0. The Morgan fingerprint density at radius 1 is 0.400 bits per heavy atom. The topological polar surface area (TPSA) is 56.5 Å². The number of aromatic nitrogens is 5. The molecule has 9 aromatic carbocycles. The molecular formula is C54H31N5S. The Hall–Kier alpha value is -7.80. The Morgan fingerprint density at radius 2 is 1.07 bits per heavy atom. The summed E-state index contributed by atoms with van der Waals surface area (Å²) in [7, 11) is 0. The maximum atomic E-state index is 5.39. The van der Waals surface area contributed by atoms with Gasteiger partial charge in [-0.3, -0.25) is 9.55 Å². The molecule has 0 aliphatic carbocycles. The molecule has 0 aliphatic rings. The van der Waals surface area contributed by atoms with Crippen LogP contribution in [-0.2, 0) is 0 Å². The molecule has 0 fully saturated rings. The van der Waals surface area contributed by atoms with Crippen LogP contribution in [0.5, 0.6) is 0 Å². The van der Waals surface area contributed by atoms with Gasteiger partial charge in [-0.05, 0) is 92.5 Å². The molecule has 13 aromatic rings. The van der Waals surface area contributed by atoms with Gasteiger partial charge in [-0.15, -0.1) is 11.3 Å². The molecule has 0 bridgehead atoms. The second kappa shape index (κ2) is 12.9. The summed E-state index contributed by atoms with van der Waals surface area (Å²) in [6, 6.07) is 65.1. The highest BCUT2D eigenvalue weighted by atomic mass is 32.1. The fourth-order valence-electron chi connectivity index (χ4n) is 9.17. The van der Waals surface area contributed by atoms with Gasteiger partial charge in [0.05, 0.1) is 16.6 Å². The fraction of sp³-hybridized carbons (Fsp3) is 0. The third-order valence-corrected chi connectivity index (χ3v) is 13.1. The van der Waals surface area contributed by atoms with Gasteiger partial charge in [-0.25, -0.2) is 4.98 Å². The quantitative estimate of drug-likeness (QED) is 0.178. The molecule has 0 saturated carbocycles. The van der Waals surface area contributed by atoms with Crippen molar-refractivity contribution in [2.75, 3.05) is 0 Å². The van der Waals surface area contributed by atoms with E-state index in [4.69, 9.17) is 15.0 Å². The monoisotopic (exact) mass is 781 g/mol. The average Bonchev–Trinajstić information content (AvgIpc) is 3.85. The van der Waals surface area contributed by atoms with E-state index < -0.39 is 0 Å². The standard InChI is InChI=1S/C54H31N5S/c1-2-11-34-27-39(19-18-32(34)9-1)52-56-53(40-21-24-46-38(28-40)14-8-26-55-46)58-54(57-52)59-47-30-36-13-4-3-12-35(36)29-45(47)43-17-7-16-42(51(43)59)37-20-23-44-49(31-37)60-48-25-22-33-10-5-6-15-41(33)50(44)48/h1-31H. The number of para-hydroxylation sites is 1. The highest BCUT2D eigenvalue weighted by molar-refractivity contribution is 7.26. The first-order valence-electron chi connectivity index (χ1n) is 20.1. The smallest absolute Gasteiger partial charge is 0.238 e. The lowest BCUT2D eigenvalue weighted by molar-refractivity contribution is 0.954. The summed E-state index contributed by atoms with van der Waals surface area (Å²) >= 11 is 1.85. The summed E-state index contributed by atoms with van der Waals surface area (Å²) in [5.74, 6) is 1.77. The molecule has 0 N–H and O–H groups in total. The van der Waals surface area contributed by atoms with Gasteiger partial charge >= 0.3 is 0 Å². The molecule has 0 radical (unpaired) electrons. The molecule has 13 rings (SSSR count). The maximum Gasteiger partial charge on any atom is 0.238 e. The van der Waals surface area contributed by atoms with Crippen LogP contribution < -0.4 is 0 Å². The summed E-state index contributed by atoms with van der Waals surface area (Å²) in [6.07, 6.45) is 1.82.